The summed E-state index contributed by atoms with van der Waals surface area (Å²) >= 11 is 0. The first-order valence-electron chi connectivity index (χ1n) is 6.70. The summed E-state index contributed by atoms with van der Waals surface area (Å²) in [5, 5.41) is 10.7. The maximum atomic E-state index is 11.8. The minimum atomic E-state index is -0.126. The summed E-state index contributed by atoms with van der Waals surface area (Å²) in [6.07, 6.45) is 3.40. The number of rotatable bonds is 3. The molecule has 0 saturated heterocycles. The molecular weight excluding hydrogens is 262 g/mol. The highest BCUT2D eigenvalue weighted by Gasteiger charge is 2.08. The molecule has 0 fully saturated rings. The predicted octanol–water partition coefficient (Wildman–Crippen LogP) is 2.74. The number of H-pyrrole nitrogens is 1. The lowest BCUT2D eigenvalue weighted by Crippen LogP contribution is -2.15. The van der Waals surface area contributed by atoms with E-state index >= 15 is 0 Å². The number of hydrogen-bond donors (Lipinski definition) is 2. The third kappa shape index (κ3) is 2.69. The normalized spacial score (nSPS) is 11.6. The van der Waals surface area contributed by atoms with Crippen molar-refractivity contribution >= 4 is 22.4 Å². The van der Waals surface area contributed by atoms with E-state index in [1.165, 1.54) is 0 Å². The summed E-state index contributed by atoms with van der Waals surface area (Å²) in [6, 6.07) is 15.9. The van der Waals surface area contributed by atoms with Crippen LogP contribution in [-0.2, 0) is 4.79 Å². The Labute approximate surface area is 122 Å². The number of fused-ring (bicyclic) bond motifs is 1. The molecule has 2 aromatic carbocycles. The van der Waals surface area contributed by atoms with Gasteiger partial charge in [-0.25, -0.2) is 0 Å². The fraction of sp³-hybridized carbons (Fsp3) is 0.0588. The number of likely N-dealkylation sites (N-methyl/N-ethyl adjacent to an activating group) is 1. The minimum Gasteiger partial charge on any atom is -0.356 e. The van der Waals surface area contributed by atoms with Crippen LogP contribution in [-0.4, -0.2) is 23.2 Å². The predicted molar refractivity (Wildman–Crippen MR) is 83.7 cm³/mol. The molecule has 0 aliphatic heterocycles. The van der Waals surface area contributed by atoms with E-state index in [9.17, 15) is 4.79 Å². The standard InChI is InChI=1S/C17H15N3O/c1-18-17(21)10-15(12-5-3-2-4-6-12)13-7-8-14-11-19-20-16(14)9-13/h2-11H,1H3,(H,18,21)(H,19,20). The van der Waals surface area contributed by atoms with Gasteiger partial charge in [-0.15, -0.1) is 0 Å². The average molecular weight is 277 g/mol. The SMILES string of the molecule is CNC(=O)C=C(c1ccccc1)c1ccc2cn[nH]c2c1. The molecule has 0 atom stereocenters. The second-order valence-electron chi connectivity index (χ2n) is 4.71. The molecule has 1 aromatic heterocycles. The van der Waals surface area contributed by atoms with E-state index in [-0.39, 0.29) is 5.91 Å². The Morgan fingerprint density at radius 3 is 2.71 bits per heavy atom. The van der Waals surface area contributed by atoms with Crippen LogP contribution >= 0.6 is 0 Å². The molecule has 0 aliphatic rings. The Morgan fingerprint density at radius 2 is 1.95 bits per heavy atom. The second kappa shape index (κ2) is 5.63. The Bertz CT molecular complexity index is 803. The van der Waals surface area contributed by atoms with Gasteiger partial charge in [0.15, 0.2) is 0 Å². The van der Waals surface area contributed by atoms with Crippen LogP contribution in [0.1, 0.15) is 11.1 Å². The van der Waals surface area contributed by atoms with Crippen molar-refractivity contribution in [3.05, 3.63) is 71.9 Å². The molecule has 104 valence electrons. The van der Waals surface area contributed by atoms with E-state index in [0.717, 1.165) is 27.6 Å². The molecule has 0 bridgehead atoms. The van der Waals surface area contributed by atoms with Gasteiger partial charge >= 0.3 is 0 Å². The molecule has 3 rings (SSSR count). The van der Waals surface area contributed by atoms with Gasteiger partial charge in [-0.05, 0) is 22.8 Å². The van der Waals surface area contributed by atoms with Crippen LogP contribution in [0.15, 0.2) is 60.8 Å². The topological polar surface area (TPSA) is 57.8 Å². The smallest absolute Gasteiger partial charge is 0.244 e. The zero-order chi connectivity index (χ0) is 14.7. The number of aromatic amines is 1. The van der Waals surface area contributed by atoms with Gasteiger partial charge in [-0.1, -0.05) is 42.5 Å². The molecule has 1 heterocycles. The van der Waals surface area contributed by atoms with Crippen LogP contribution in [0.25, 0.3) is 16.5 Å². The van der Waals surface area contributed by atoms with Crippen molar-refractivity contribution in [2.24, 2.45) is 0 Å². The zero-order valence-electron chi connectivity index (χ0n) is 11.6. The lowest BCUT2D eigenvalue weighted by Gasteiger charge is -2.08. The van der Waals surface area contributed by atoms with Crippen LogP contribution in [0.5, 0.6) is 0 Å². The molecule has 0 saturated carbocycles. The van der Waals surface area contributed by atoms with Crippen molar-refractivity contribution in [2.75, 3.05) is 7.05 Å². The van der Waals surface area contributed by atoms with Crippen LogP contribution in [0.2, 0.25) is 0 Å². The van der Waals surface area contributed by atoms with E-state index in [4.69, 9.17) is 0 Å². The third-order valence-corrected chi connectivity index (χ3v) is 3.36. The first-order chi connectivity index (χ1) is 10.3. The maximum Gasteiger partial charge on any atom is 0.244 e. The Morgan fingerprint density at radius 1 is 1.14 bits per heavy atom. The zero-order valence-corrected chi connectivity index (χ0v) is 11.6. The lowest BCUT2D eigenvalue weighted by atomic mass is 9.96. The molecule has 0 unspecified atom stereocenters. The average Bonchev–Trinajstić information content (AvgIpc) is 3.00. The molecule has 0 spiro atoms. The molecule has 3 aromatic rings. The van der Waals surface area contributed by atoms with Gasteiger partial charge in [0, 0.05) is 18.5 Å². The summed E-state index contributed by atoms with van der Waals surface area (Å²) in [7, 11) is 1.62. The maximum absolute atomic E-state index is 11.8. The van der Waals surface area contributed by atoms with Crippen LogP contribution in [0, 0.1) is 0 Å². The van der Waals surface area contributed by atoms with Crippen molar-refractivity contribution in [1.29, 1.82) is 0 Å². The van der Waals surface area contributed by atoms with Crippen molar-refractivity contribution < 1.29 is 4.79 Å². The fourth-order valence-electron chi connectivity index (χ4n) is 2.26. The van der Waals surface area contributed by atoms with Crippen molar-refractivity contribution in [2.45, 2.75) is 0 Å². The molecular formula is C17H15N3O. The number of carbonyl (C=O) groups excluding carboxylic acids is 1. The van der Waals surface area contributed by atoms with Gasteiger partial charge in [0.05, 0.1) is 11.7 Å². The number of benzene rings is 2. The first kappa shape index (κ1) is 13.1. The number of carbonyl (C=O) groups is 1. The summed E-state index contributed by atoms with van der Waals surface area (Å²) in [6.45, 7) is 0. The highest BCUT2D eigenvalue weighted by Crippen LogP contribution is 2.25. The highest BCUT2D eigenvalue weighted by atomic mass is 16.1. The van der Waals surface area contributed by atoms with Gasteiger partial charge in [-0.3, -0.25) is 9.89 Å². The third-order valence-electron chi connectivity index (χ3n) is 3.36. The van der Waals surface area contributed by atoms with Gasteiger partial charge in [0.25, 0.3) is 0 Å². The van der Waals surface area contributed by atoms with Crippen molar-refractivity contribution in [3.8, 4) is 0 Å². The molecule has 0 aliphatic carbocycles. The summed E-state index contributed by atoms with van der Waals surface area (Å²) in [4.78, 5) is 11.8. The molecule has 1 amide bonds. The number of aromatic nitrogens is 2. The largest absolute Gasteiger partial charge is 0.356 e. The van der Waals surface area contributed by atoms with Crippen LogP contribution in [0.3, 0.4) is 0 Å². The van der Waals surface area contributed by atoms with Gasteiger partial charge < -0.3 is 5.32 Å². The first-order valence-corrected chi connectivity index (χ1v) is 6.70. The van der Waals surface area contributed by atoms with E-state index in [1.54, 1.807) is 19.3 Å². The lowest BCUT2D eigenvalue weighted by molar-refractivity contribution is -0.116. The van der Waals surface area contributed by atoms with Gasteiger partial charge in [0.1, 0.15) is 0 Å². The number of amides is 1. The van der Waals surface area contributed by atoms with E-state index in [0.29, 0.717) is 0 Å². The fourth-order valence-corrected chi connectivity index (χ4v) is 2.26. The van der Waals surface area contributed by atoms with Gasteiger partial charge in [-0.2, -0.15) is 5.10 Å². The number of hydrogen-bond acceptors (Lipinski definition) is 2. The quantitative estimate of drug-likeness (QED) is 0.723. The monoisotopic (exact) mass is 277 g/mol. The highest BCUT2D eigenvalue weighted by molar-refractivity contribution is 6.00. The Hall–Kier alpha value is -2.88. The molecule has 0 radical (unpaired) electrons. The summed E-state index contributed by atoms with van der Waals surface area (Å²) < 4.78 is 0. The van der Waals surface area contributed by atoms with E-state index < -0.39 is 0 Å². The van der Waals surface area contributed by atoms with Crippen molar-refractivity contribution in [3.63, 3.8) is 0 Å². The Balaban J connectivity index is 2.14. The van der Waals surface area contributed by atoms with Crippen molar-refractivity contribution in [1.82, 2.24) is 15.5 Å². The van der Waals surface area contributed by atoms with E-state index in [1.807, 2.05) is 48.5 Å². The van der Waals surface area contributed by atoms with Crippen LogP contribution < -0.4 is 5.32 Å². The molecule has 2 N–H and O–H groups in total. The second-order valence-corrected chi connectivity index (χ2v) is 4.71. The summed E-state index contributed by atoms with van der Waals surface area (Å²) in [5.74, 6) is -0.126. The van der Waals surface area contributed by atoms with Gasteiger partial charge in [0.2, 0.25) is 5.91 Å². The molecule has 4 heteroatoms. The van der Waals surface area contributed by atoms with Crippen LogP contribution in [0.4, 0.5) is 0 Å². The molecule has 4 nitrogen and oxygen atoms in total. The minimum absolute atomic E-state index is 0.126. The Kier molecular flexibility index (Phi) is 3.51. The molecule has 21 heavy (non-hydrogen) atoms. The summed E-state index contributed by atoms with van der Waals surface area (Å²) in [5.41, 5.74) is 3.80. The van der Waals surface area contributed by atoms with E-state index in [2.05, 4.69) is 15.5 Å². The number of nitrogens with zero attached hydrogens (tertiary/aromatic N) is 1. The number of nitrogens with one attached hydrogen (secondary N) is 2.